The molecule has 0 fully saturated rings. The second kappa shape index (κ2) is 6.04. The van der Waals surface area contributed by atoms with Crippen LogP contribution in [0.25, 0.3) is 19.5 Å². The zero-order chi connectivity index (χ0) is 16.7. The van der Waals surface area contributed by atoms with Crippen LogP contribution in [0.3, 0.4) is 0 Å². The van der Waals surface area contributed by atoms with E-state index < -0.39 is 0 Å². The predicted molar refractivity (Wildman–Crippen MR) is 106 cm³/mol. The minimum Gasteiger partial charge on any atom is -0.321 e. The summed E-state index contributed by atoms with van der Waals surface area (Å²) in [6, 6.07) is 16.5. The Hall–Kier alpha value is -2.17. The Morgan fingerprint density at radius 1 is 1.04 bits per heavy atom. The largest absolute Gasteiger partial charge is 0.321 e. The third-order valence-electron chi connectivity index (χ3n) is 4.25. The molecule has 0 unspecified atom stereocenters. The Morgan fingerprint density at radius 3 is 2.71 bits per heavy atom. The lowest BCUT2D eigenvalue weighted by Crippen LogP contribution is -2.12. The number of carbonyl (C=O) groups is 1. The number of benzene rings is 2. The van der Waals surface area contributed by atoms with E-state index in [1.807, 2.05) is 25.1 Å². The number of anilines is 1. The van der Waals surface area contributed by atoms with Crippen molar-refractivity contribution in [3.05, 3.63) is 64.5 Å². The van der Waals surface area contributed by atoms with Gasteiger partial charge >= 0.3 is 0 Å². The monoisotopic (exact) mass is 351 g/mol. The van der Waals surface area contributed by atoms with Gasteiger partial charge < -0.3 is 5.32 Å². The molecule has 0 aliphatic rings. The average molecular weight is 351 g/mol. The highest BCUT2D eigenvalue weighted by atomic mass is 32.1. The van der Waals surface area contributed by atoms with Crippen molar-refractivity contribution < 1.29 is 4.79 Å². The maximum atomic E-state index is 12.7. The van der Waals surface area contributed by atoms with Crippen LogP contribution in [0, 0.1) is 6.92 Å². The van der Waals surface area contributed by atoms with E-state index in [9.17, 15) is 4.79 Å². The number of hydrogen-bond donors (Lipinski definition) is 1. The molecule has 4 rings (SSSR count). The van der Waals surface area contributed by atoms with Crippen molar-refractivity contribution in [2.75, 3.05) is 5.32 Å². The highest BCUT2D eigenvalue weighted by Gasteiger charge is 2.16. The molecule has 0 aliphatic carbocycles. The Kier molecular flexibility index (Phi) is 3.87. The van der Waals surface area contributed by atoms with Gasteiger partial charge in [-0.05, 0) is 36.6 Å². The fourth-order valence-corrected chi connectivity index (χ4v) is 5.41. The molecule has 2 aromatic carbocycles. The SMILES string of the molecule is CCc1cccc(C)c1NC(=O)c1cc2sc3ccccc3c2s1. The van der Waals surface area contributed by atoms with E-state index in [0.717, 1.165) is 22.5 Å². The standard InChI is InChI=1S/C20H17NOS2/c1-3-13-8-6-7-12(2)18(13)21-20(22)17-11-16-19(24-17)14-9-4-5-10-15(14)23-16/h4-11H,3H2,1-2H3,(H,21,22). The molecule has 4 heteroatoms. The smallest absolute Gasteiger partial charge is 0.265 e. The number of fused-ring (bicyclic) bond motifs is 3. The molecule has 2 heterocycles. The van der Waals surface area contributed by atoms with Crippen LogP contribution in [-0.4, -0.2) is 5.91 Å². The zero-order valence-corrected chi connectivity index (χ0v) is 15.2. The fraction of sp³-hybridized carbons (Fsp3) is 0.150. The molecule has 0 saturated carbocycles. The number of amides is 1. The predicted octanol–water partition coefficient (Wildman–Crippen LogP) is 6.24. The first-order valence-corrected chi connectivity index (χ1v) is 9.61. The Labute approximate surface area is 148 Å². The molecule has 0 atom stereocenters. The van der Waals surface area contributed by atoms with Crippen molar-refractivity contribution >= 4 is 53.8 Å². The number of aryl methyl sites for hydroxylation is 2. The number of hydrogen-bond acceptors (Lipinski definition) is 3. The van der Waals surface area contributed by atoms with E-state index in [1.165, 1.54) is 25.0 Å². The topological polar surface area (TPSA) is 29.1 Å². The lowest BCUT2D eigenvalue weighted by Gasteiger charge is -2.12. The molecule has 0 aliphatic heterocycles. The maximum Gasteiger partial charge on any atom is 0.265 e. The van der Waals surface area contributed by atoms with Gasteiger partial charge in [0.2, 0.25) is 0 Å². The summed E-state index contributed by atoms with van der Waals surface area (Å²) in [5.41, 5.74) is 3.23. The van der Waals surface area contributed by atoms with Crippen LogP contribution >= 0.6 is 22.7 Å². The van der Waals surface area contributed by atoms with E-state index in [4.69, 9.17) is 0 Å². The minimum absolute atomic E-state index is 0.0171. The molecule has 0 saturated heterocycles. The van der Waals surface area contributed by atoms with Gasteiger partial charge in [-0.25, -0.2) is 0 Å². The van der Waals surface area contributed by atoms with E-state index in [-0.39, 0.29) is 5.91 Å². The first kappa shape index (κ1) is 15.4. The van der Waals surface area contributed by atoms with Crippen LogP contribution < -0.4 is 5.32 Å². The third kappa shape index (κ3) is 2.52. The molecule has 4 aromatic rings. The fourth-order valence-electron chi connectivity index (χ4n) is 2.99. The molecule has 1 amide bonds. The summed E-state index contributed by atoms with van der Waals surface area (Å²) in [7, 11) is 0. The molecule has 24 heavy (non-hydrogen) atoms. The highest BCUT2D eigenvalue weighted by Crippen LogP contribution is 2.39. The molecular weight excluding hydrogens is 334 g/mol. The van der Waals surface area contributed by atoms with Gasteiger partial charge in [-0.2, -0.15) is 0 Å². The maximum absolute atomic E-state index is 12.7. The summed E-state index contributed by atoms with van der Waals surface area (Å²) < 4.78 is 3.67. The van der Waals surface area contributed by atoms with Crippen LogP contribution in [0.4, 0.5) is 5.69 Å². The quantitative estimate of drug-likeness (QED) is 0.465. The molecule has 0 spiro atoms. The summed E-state index contributed by atoms with van der Waals surface area (Å²) in [5.74, 6) is -0.0171. The lowest BCUT2D eigenvalue weighted by atomic mass is 10.1. The van der Waals surface area contributed by atoms with Crippen LogP contribution in [-0.2, 0) is 6.42 Å². The Bertz CT molecular complexity index is 1060. The van der Waals surface area contributed by atoms with Crippen molar-refractivity contribution in [2.24, 2.45) is 0 Å². The Balaban J connectivity index is 1.71. The van der Waals surface area contributed by atoms with Crippen LogP contribution in [0.2, 0.25) is 0 Å². The van der Waals surface area contributed by atoms with Crippen LogP contribution in [0.1, 0.15) is 27.7 Å². The van der Waals surface area contributed by atoms with E-state index >= 15 is 0 Å². The summed E-state index contributed by atoms with van der Waals surface area (Å²) in [4.78, 5) is 13.5. The van der Waals surface area contributed by atoms with Gasteiger partial charge in [-0.3, -0.25) is 4.79 Å². The first-order chi connectivity index (χ1) is 11.7. The molecule has 0 bridgehead atoms. The van der Waals surface area contributed by atoms with Gasteiger partial charge in [0.25, 0.3) is 5.91 Å². The Morgan fingerprint density at radius 2 is 1.88 bits per heavy atom. The van der Waals surface area contributed by atoms with Crippen LogP contribution in [0.5, 0.6) is 0 Å². The molecule has 120 valence electrons. The average Bonchev–Trinajstić information content (AvgIpc) is 3.14. The zero-order valence-electron chi connectivity index (χ0n) is 13.6. The summed E-state index contributed by atoms with van der Waals surface area (Å²) >= 11 is 3.33. The van der Waals surface area contributed by atoms with Gasteiger partial charge in [0, 0.05) is 20.5 Å². The summed E-state index contributed by atoms with van der Waals surface area (Å²) in [6.45, 7) is 4.15. The van der Waals surface area contributed by atoms with Crippen molar-refractivity contribution in [3.8, 4) is 0 Å². The van der Waals surface area contributed by atoms with Crippen molar-refractivity contribution in [1.82, 2.24) is 0 Å². The van der Waals surface area contributed by atoms with E-state index in [0.29, 0.717) is 0 Å². The number of rotatable bonds is 3. The lowest BCUT2D eigenvalue weighted by molar-refractivity contribution is 0.103. The minimum atomic E-state index is -0.0171. The summed E-state index contributed by atoms with van der Waals surface area (Å²) in [6.07, 6.45) is 0.904. The second-order valence-corrected chi connectivity index (χ2v) is 7.95. The van der Waals surface area contributed by atoms with E-state index in [2.05, 4.69) is 42.6 Å². The van der Waals surface area contributed by atoms with Crippen molar-refractivity contribution in [2.45, 2.75) is 20.3 Å². The highest BCUT2D eigenvalue weighted by molar-refractivity contribution is 7.33. The number of thiophene rings is 2. The summed E-state index contributed by atoms with van der Waals surface area (Å²) in [5, 5.41) is 4.36. The van der Waals surface area contributed by atoms with Gasteiger partial charge in [0.15, 0.2) is 0 Å². The van der Waals surface area contributed by atoms with Crippen molar-refractivity contribution in [1.29, 1.82) is 0 Å². The molecule has 2 aromatic heterocycles. The molecule has 2 nitrogen and oxygen atoms in total. The van der Waals surface area contributed by atoms with Gasteiger partial charge in [-0.15, -0.1) is 22.7 Å². The first-order valence-electron chi connectivity index (χ1n) is 7.98. The van der Waals surface area contributed by atoms with Crippen molar-refractivity contribution in [3.63, 3.8) is 0 Å². The van der Waals surface area contributed by atoms with Crippen LogP contribution in [0.15, 0.2) is 48.5 Å². The molecular formula is C20H17NOS2. The van der Waals surface area contributed by atoms with Gasteiger partial charge in [0.1, 0.15) is 0 Å². The second-order valence-electron chi connectivity index (χ2n) is 5.82. The number of para-hydroxylation sites is 1. The van der Waals surface area contributed by atoms with Gasteiger partial charge in [0.05, 0.1) is 9.58 Å². The van der Waals surface area contributed by atoms with E-state index in [1.54, 1.807) is 22.7 Å². The number of carbonyl (C=O) groups excluding carboxylic acids is 1. The number of nitrogens with one attached hydrogen (secondary N) is 1. The third-order valence-corrected chi connectivity index (χ3v) is 6.67. The normalized spacial score (nSPS) is 11.2. The molecule has 0 radical (unpaired) electrons. The van der Waals surface area contributed by atoms with Gasteiger partial charge in [-0.1, -0.05) is 43.3 Å². The molecule has 1 N–H and O–H groups in total.